The fourth-order valence-electron chi connectivity index (χ4n) is 3.97. The van der Waals surface area contributed by atoms with Crippen molar-refractivity contribution in [2.75, 3.05) is 6.61 Å². The van der Waals surface area contributed by atoms with Gasteiger partial charge in [-0.05, 0) is 67.3 Å². The molecule has 30 heavy (non-hydrogen) atoms. The van der Waals surface area contributed by atoms with Crippen molar-refractivity contribution in [1.29, 1.82) is 0 Å². The Hall–Kier alpha value is -2.47. The smallest absolute Gasteiger partial charge is 0.293 e. The lowest BCUT2D eigenvalue weighted by molar-refractivity contribution is 0.0824. The van der Waals surface area contributed by atoms with E-state index in [0.717, 1.165) is 16.7 Å². The molecule has 1 aliphatic rings. The van der Waals surface area contributed by atoms with Gasteiger partial charge < -0.3 is 0 Å². The van der Waals surface area contributed by atoms with Crippen molar-refractivity contribution in [3.8, 4) is 0 Å². The molecule has 6 heteroatoms. The minimum Gasteiger partial charge on any atom is -0.293 e. The van der Waals surface area contributed by atoms with Crippen molar-refractivity contribution in [3.63, 3.8) is 0 Å². The first-order chi connectivity index (χ1) is 14.3. The number of rotatable bonds is 6. The zero-order valence-corrected chi connectivity index (χ0v) is 18.0. The first-order valence-electron chi connectivity index (χ1n) is 9.67. The Balaban J connectivity index is 1.71. The molecule has 3 aromatic rings. The number of benzene rings is 3. The molecule has 4 nitrogen and oxygen atoms in total. The van der Waals surface area contributed by atoms with Crippen LogP contribution in [0.3, 0.4) is 0 Å². The Morgan fingerprint density at radius 3 is 2.37 bits per heavy atom. The Morgan fingerprint density at radius 1 is 1.00 bits per heavy atom. The van der Waals surface area contributed by atoms with Crippen molar-refractivity contribution in [2.45, 2.75) is 30.1 Å². The molecule has 0 saturated carbocycles. The maximum Gasteiger partial charge on any atom is 0.297 e. The monoisotopic (exact) mass is 440 g/mol. The van der Waals surface area contributed by atoms with E-state index in [1.165, 1.54) is 12.1 Å². The summed E-state index contributed by atoms with van der Waals surface area (Å²) in [5, 5.41) is 0.533. The number of carbonyl (C=O) groups is 1. The number of carbonyl (C=O) groups excluding carboxylic acids is 1. The molecule has 1 aliphatic carbocycles. The summed E-state index contributed by atoms with van der Waals surface area (Å²) in [7, 11) is -4.00. The molecule has 0 radical (unpaired) electrons. The first-order valence-corrected chi connectivity index (χ1v) is 11.5. The van der Waals surface area contributed by atoms with Gasteiger partial charge in [-0.25, -0.2) is 0 Å². The summed E-state index contributed by atoms with van der Waals surface area (Å²) in [6.07, 6.45) is 1.17. The third-order valence-electron chi connectivity index (χ3n) is 5.67. The molecule has 3 aromatic carbocycles. The molecule has 0 spiro atoms. The van der Waals surface area contributed by atoms with Gasteiger partial charge in [-0.15, -0.1) is 0 Å². The molecule has 154 valence electrons. The van der Waals surface area contributed by atoms with Crippen LogP contribution in [0.2, 0.25) is 5.02 Å². The van der Waals surface area contributed by atoms with Crippen LogP contribution in [-0.4, -0.2) is 20.8 Å². The van der Waals surface area contributed by atoms with Crippen LogP contribution in [0.4, 0.5) is 0 Å². The van der Waals surface area contributed by atoms with Crippen LogP contribution >= 0.6 is 11.6 Å². The lowest BCUT2D eigenvalue weighted by atomic mass is 9.76. The average Bonchev–Trinajstić information content (AvgIpc) is 3.13. The largest absolute Gasteiger partial charge is 0.297 e. The van der Waals surface area contributed by atoms with Crippen LogP contribution in [0, 0.1) is 6.92 Å². The zero-order chi connectivity index (χ0) is 21.4. The number of fused-ring (bicyclic) bond motifs is 1. The Labute approximate surface area is 181 Å². The summed E-state index contributed by atoms with van der Waals surface area (Å²) in [5.74, 6) is -0.164. The van der Waals surface area contributed by atoms with Crippen LogP contribution in [0.25, 0.3) is 0 Å². The lowest BCUT2D eigenvalue weighted by Crippen LogP contribution is -2.39. The number of aryl methyl sites for hydroxylation is 2. The number of halogens is 1. The summed E-state index contributed by atoms with van der Waals surface area (Å²) in [5.41, 5.74) is 2.23. The maximum absolute atomic E-state index is 13.6. The fraction of sp³-hybridized carbons (Fsp3) is 0.208. The number of hydrogen-bond donors (Lipinski definition) is 0. The Morgan fingerprint density at radius 2 is 1.67 bits per heavy atom. The van der Waals surface area contributed by atoms with E-state index >= 15 is 0 Å². The van der Waals surface area contributed by atoms with Crippen molar-refractivity contribution >= 4 is 27.5 Å². The van der Waals surface area contributed by atoms with Gasteiger partial charge in [0, 0.05) is 10.6 Å². The highest BCUT2D eigenvalue weighted by atomic mass is 35.5. The topological polar surface area (TPSA) is 60.4 Å². The van der Waals surface area contributed by atoms with Crippen LogP contribution < -0.4 is 0 Å². The van der Waals surface area contributed by atoms with Gasteiger partial charge in [0.2, 0.25) is 0 Å². The van der Waals surface area contributed by atoms with E-state index in [2.05, 4.69) is 0 Å². The normalized spacial score (nSPS) is 18.2. The summed E-state index contributed by atoms with van der Waals surface area (Å²) in [4.78, 5) is 13.7. The molecule has 0 amide bonds. The third-order valence-corrected chi connectivity index (χ3v) is 7.19. The van der Waals surface area contributed by atoms with E-state index in [4.69, 9.17) is 15.8 Å². The molecule has 0 heterocycles. The molecular weight excluding hydrogens is 420 g/mol. The van der Waals surface area contributed by atoms with E-state index in [-0.39, 0.29) is 17.3 Å². The molecule has 0 aromatic heterocycles. The summed E-state index contributed by atoms with van der Waals surface area (Å²) >= 11 is 5.98. The standard InChI is InChI=1S/C24H21ClO4S/c1-17-6-12-21(13-7-17)30(27,28)29-16-24(15-14-18-4-2-3-5-22(18)24)23(26)19-8-10-20(25)11-9-19/h2-13H,14-16H2,1H3. The Kier molecular flexibility index (Phi) is 5.53. The summed E-state index contributed by atoms with van der Waals surface area (Å²) in [6, 6.07) is 20.8. The van der Waals surface area contributed by atoms with Crippen LogP contribution in [0.5, 0.6) is 0 Å². The van der Waals surface area contributed by atoms with Crippen LogP contribution in [0.1, 0.15) is 33.5 Å². The average molecular weight is 441 g/mol. The van der Waals surface area contributed by atoms with Crippen molar-refractivity contribution < 1.29 is 17.4 Å². The molecule has 0 aliphatic heterocycles. The lowest BCUT2D eigenvalue weighted by Gasteiger charge is -2.28. The summed E-state index contributed by atoms with van der Waals surface area (Å²) < 4.78 is 31.1. The molecule has 0 fully saturated rings. The van der Waals surface area contributed by atoms with Crippen LogP contribution in [0.15, 0.2) is 77.7 Å². The predicted molar refractivity (Wildman–Crippen MR) is 117 cm³/mol. The van der Waals surface area contributed by atoms with E-state index in [9.17, 15) is 13.2 Å². The van der Waals surface area contributed by atoms with Crippen LogP contribution in [-0.2, 0) is 26.1 Å². The molecule has 0 N–H and O–H groups in total. The third kappa shape index (κ3) is 3.81. The minimum absolute atomic E-state index is 0.0773. The van der Waals surface area contributed by atoms with E-state index in [1.807, 2.05) is 31.2 Å². The second-order valence-corrected chi connectivity index (χ2v) is 9.66. The van der Waals surface area contributed by atoms with Gasteiger partial charge in [-0.3, -0.25) is 8.98 Å². The fourth-order valence-corrected chi connectivity index (χ4v) is 5.06. The van der Waals surface area contributed by atoms with E-state index < -0.39 is 15.5 Å². The SMILES string of the molecule is Cc1ccc(S(=O)(=O)OCC2(C(=O)c3ccc(Cl)cc3)CCc3ccccc32)cc1. The van der Waals surface area contributed by atoms with Crippen molar-refractivity contribution in [2.24, 2.45) is 0 Å². The Bertz CT molecular complexity index is 1180. The van der Waals surface area contributed by atoms with E-state index in [0.29, 0.717) is 23.4 Å². The molecule has 0 bridgehead atoms. The second kappa shape index (κ2) is 7.99. The molecule has 4 rings (SSSR count). The molecular formula is C24H21ClO4S. The van der Waals surface area contributed by atoms with Crippen molar-refractivity contribution in [1.82, 2.24) is 0 Å². The van der Waals surface area contributed by atoms with E-state index in [1.54, 1.807) is 36.4 Å². The highest BCUT2D eigenvalue weighted by molar-refractivity contribution is 7.86. The minimum atomic E-state index is -4.00. The number of ketones is 1. The van der Waals surface area contributed by atoms with Gasteiger partial charge in [-0.2, -0.15) is 8.42 Å². The van der Waals surface area contributed by atoms with Gasteiger partial charge in [0.25, 0.3) is 10.1 Å². The highest BCUT2D eigenvalue weighted by Crippen LogP contribution is 2.42. The van der Waals surface area contributed by atoms with Gasteiger partial charge in [-0.1, -0.05) is 53.6 Å². The number of hydrogen-bond acceptors (Lipinski definition) is 4. The number of Topliss-reactive ketones (excluding diaryl/α,β-unsaturated/α-hetero) is 1. The quantitative estimate of drug-likeness (QED) is 0.394. The molecule has 1 atom stereocenters. The first kappa shape index (κ1) is 20.8. The van der Waals surface area contributed by atoms with Gasteiger partial charge in [0.1, 0.15) is 0 Å². The van der Waals surface area contributed by atoms with Gasteiger partial charge >= 0.3 is 0 Å². The predicted octanol–water partition coefficient (Wildman–Crippen LogP) is 5.12. The maximum atomic E-state index is 13.6. The zero-order valence-electron chi connectivity index (χ0n) is 16.5. The summed E-state index contributed by atoms with van der Waals surface area (Å²) in [6.45, 7) is 1.63. The van der Waals surface area contributed by atoms with Gasteiger partial charge in [0.15, 0.2) is 5.78 Å². The van der Waals surface area contributed by atoms with Gasteiger partial charge in [0.05, 0.1) is 16.9 Å². The molecule has 1 unspecified atom stereocenters. The van der Waals surface area contributed by atoms with Crippen molar-refractivity contribution in [3.05, 3.63) is 100 Å². The second-order valence-electron chi connectivity index (χ2n) is 7.60. The highest BCUT2D eigenvalue weighted by Gasteiger charge is 2.46. The molecule has 0 saturated heterocycles.